The van der Waals surface area contributed by atoms with Crippen molar-refractivity contribution >= 4 is 42.6 Å². The van der Waals surface area contributed by atoms with Gasteiger partial charge < -0.3 is 5.11 Å². The lowest BCUT2D eigenvalue weighted by Crippen LogP contribution is -2.11. The first kappa shape index (κ1) is 16.7. The van der Waals surface area contributed by atoms with Gasteiger partial charge in [-0.1, -0.05) is 38.0 Å². The van der Waals surface area contributed by atoms with Crippen LogP contribution in [0.25, 0.3) is 0 Å². The molecular formula is C10H18N2O2S3. The predicted molar refractivity (Wildman–Crippen MR) is 75.4 cm³/mol. The van der Waals surface area contributed by atoms with Crippen molar-refractivity contribution in [1.82, 2.24) is 10.2 Å². The number of aliphatic carboxylic acids is 1. The highest BCUT2D eigenvalue weighted by molar-refractivity contribution is 7.85. The third-order valence-electron chi connectivity index (χ3n) is 2.15. The fourth-order valence-corrected chi connectivity index (χ4v) is 2.31. The van der Waals surface area contributed by atoms with Crippen molar-refractivity contribution in [3.8, 4) is 0 Å². The topological polar surface area (TPSA) is 63.1 Å². The van der Waals surface area contributed by atoms with E-state index in [1.54, 1.807) is 0 Å². The van der Waals surface area contributed by atoms with Gasteiger partial charge in [0, 0.05) is 0 Å². The van der Waals surface area contributed by atoms with Gasteiger partial charge in [-0.05, 0) is 12.8 Å². The van der Waals surface area contributed by atoms with Crippen molar-refractivity contribution in [3.63, 3.8) is 0 Å². The Morgan fingerprint density at radius 1 is 1.35 bits per heavy atom. The molecule has 0 spiro atoms. The second-order valence-electron chi connectivity index (χ2n) is 3.45. The molecule has 1 unspecified atom stereocenters. The number of carboxylic acids is 1. The Bertz CT molecular complexity index is 315. The minimum Gasteiger partial charge on any atom is -0.481 e. The first-order valence-electron chi connectivity index (χ1n) is 5.45. The Labute approximate surface area is 117 Å². The van der Waals surface area contributed by atoms with Gasteiger partial charge >= 0.3 is 5.97 Å². The number of unbranched alkanes of at least 4 members (excludes halogenated alkanes) is 1. The Morgan fingerprint density at radius 2 is 1.88 bits per heavy atom. The SMILES string of the molecule is CCCCC(CC)C(=O)O.Sc1nnc(S)s1. The van der Waals surface area contributed by atoms with Crippen LogP contribution in [0, 0.1) is 5.92 Å². The number of hydrogen-bond acceptors (Lipinski definition) is 6. The summed E-state index contributed by atoms with van der Waals surface area (Å²) in [6, 6.07) is 0. The minimum atomic E-state index is -0.643. The van der Waals surface area contributed by atoms with Crippen LogP contribution >= 0.6 is 36.6 Å². The summed E-state index contributed by atoms with van der Waals surface area (Å²) in [5, 5.41) is 15.7. The van der Waals surface area contributed by atoms with E-state index in [0.717, 1.165) is 25.7 Å². The first-order valence-corrected chi connectivity index (χ1v) is 7.16. The minimum absolute atomic E-state index is 0.111. The van der Waals surface area contributed by atoms with Gasteiger partial charge in [-0.25, -0.2) is 0 Å². The van der Waals surface area contributed by atoms with Gasteiger partial charge in [0.15, 0.2) is 8.68 Å². The standard InChI is InChI=1S/C8H16O2.C2H2N2S3/c1-3-5-6-7(4-2)8(9)10;5-1-3-4-2(6)7-1/h7H,3-6H2,1-2H3,(H,9,10);(H,3,5)(H,4,6). The number of hydrogen-bond donors (Lipinski definition) is 3. The monoisotopic (exact) mass is 294 g/mol. The number of carboxylic acid groups (broad SMARTS) is 1. The van der Waals surface area contributed by atoms with E-state index in [1.165, 1.54) is 11.3 Å². The molecule has 1 rings (SSSR count). The number of thiol groups is 2. The lowest BCUT2D eigenvalue weighted by atomic mass is 10.00. The molecule has 0 aliphatic carbocycles. The zero-order valence-corrected chi connectivity index (χ0v) is 12.6. The van der Waals surface area contributed by atoms with E-state index in [4.69, 9.17) is 5.11 Å². The molecule has 0 radical (unpaired) electrons. The lowest BCUT2D eigenvalue weighted by molar-refractivity contribution is -0.142. The van der Waals surface area contributed by atoms with Crippen molar-refractivity contribution in [2.45, 2.75) is 48.2 Å². The number of carbonyl (C=O) groups is 1. The summed E-state index contributed by atoms with van der Waals surface area (Å²) >= 11 is 9.15. The van der Waals surface area contributed by atoms with Crippen LogP contribution < -0.4 is 0 Å². The van der Waals surface area contributed by atoms with Crippen LogP contribution in [-0.4, -0.2) is 21.3 Å². The highest BCUT2D eigenvalue weighted by Crippen LogP contribution is 2.15. The second-order valence-corrected chi connectivity index (χ2v) is 5.88. The lowest BCUT2D eigenvalue weighted by Gasteiger charge is -2.06. The van der Waals surface area contributed by atoms with Crippen LogP contribution in [0.4, 0.5) is 0 Å². The molecule has 0 bridgehead atoms. The van der Waals surface area contributed by atoms with Gasteiger partial charge in [0.2, 0.25) is 0 Å². The molecule has 1 heterocycles. The van der Waals surface area contributed by atoms with E-state index in [-0.39, 0.29) is 5.92 Å². The molecule has 0 amide bonds. The van der Waals surface area contributed by atoms with Crippen molar-refractivity contribution < 1.29 is 9.90 Å². The van der Waals surface area contributed by atoms with Crippen molar-refractivity contribution in [3.05, 3.63) is 0 Å². The highest BCUT2D eigenvalue weighted by Gasteiger charge is 2.12. The van der Waals surface area contributed by atoms with E-state index in [0.29, 0.717) is 8.68 Å². The molecule has 4 nitrogen and oxygen atoms in total. The van der Waals surface area contributed by atoms with Gasteiger partial charge in [0.25, 0.3) is 0 Å². The van der Waals surface area contributed by atoms with Gasteiger partial charge in [-0.15, -0.1) is 35.5 Å². The first-order chi connectivity index (χ1) is 8.01. The molecular weight excluding hydrogens is 276 g/mol. The second kappa shape index (κ2) is 9.73. The van der Waals surface area contributed by atoms with E-state index in [1.807, 2.05) is 6.92 Å². The summed E-state index contributed by atoms with van der Waals surface area (Å²) in [4.78, 5) is 10.4. The van der Waals surface area contributed by atoms with Gasteiger partial charge in [-0.2, -0.15) is 0 Å². The molecule has 0 aliphatic rings. The fraction of sp³-hybridized carbons (Fsp3) is 0.700. The Morgan fingerprint density at radius 3 is 2.12 bits per heavy atom. The van der Waals surface area contributed by atoms with Gasteiger partial charge in [-0.3, -0.25) is 4.79 Å². The molecule has 0 fully saturated rings. The average Bonchev–Trinajstić information content (AvgIpc) is 2.64. The summed E-state index contributed by atoms with van der Waals surface area (Å²) in [5.74, 6) is -0.754. The van der Waals surface area contributed by atoms with Crippen LogP contribution in [-0.2, 0) is 4.79 Å². The molecule has 0 aliphatic heterocycles. The van der Waals surface area contributed by atoms with E-state index in [9.17, 15) is 4.79 Å². The van der Waals surface area contributed by atoms with Crippen molar-refractivity contribution in [2.75, 3.05) is 0 Å². The van der Waals surface area contributed by atoms with E-state index < -0.39 is 5.97 Å². The van der Waals surface area contributed by atoms with Gasteiger partial charge in [0.1, 0.15) is 0 Å². The summed E-state index contributed by atoms with van der Waals surface area (Å²) in [5.41, 5.74) is 0. The molecule has 98 valence electrons. The van der Waals surface area contributed by atoms with Gasteiger partial charge in [0.05, 0.1) is 5.92 Å². The summed E-state index contributed by atoms with van der Waals surface area (Å²) < 4.78 is 1.31. The largest absolute Gasteiger partial charge is 0.481 e. The molecule has 1 aromatic heterocycles. The zero-order valence-electron chi connectivity index (χ0n) is 9.96. The summed E-state index contributed by atoms with van der Waals surface area (Å²) in [6.45, 7) is 4.00. The Balaban J connectivity index is 0.000000318. The smallest absolute Gasteiger partial charge is 0.306 e. The highest BCUT2D eigenvalue weighted by atomic mass is 32.2. The molecule has 0 aromatic carbocycles. The van der Waals surface area contributed by atoms with Crippen LogP contribution in [0.3, 0.4) is 0 Å². The maximum absolute atomic E-state index is 10.4. The normalized spacial score (nSPS) is 11.5. The fourth-order valence-electron chi connectivity index (χ4n) is 1.16. The molecule has 17 heavy (non-hydrogen) atoms. The summed E-state index contributed by atoms with van der Waals surface area (Å²) in [6.07, 6.45) is 3.71. The van der Waals surface area contributed by atoms with Crippen LogP contribution in [0.15, 0.2) is 8.68 Å². The number of nitrogens with zero attached hydrogens (tertiary/aromatic N) is 2. The maximum atomic E-state index is 10.4. The van der Waals surface area contributed by atoms with Crippen molar-refractivity contribution in [1.29, 1.82) is 0 Å². The predicted octanol–water partition coefficient (Wildman–Crippen LogP) is 3.40. The van der Waals surface area contributed by atoms with E-state index in [2.05, 4.69) is 42.4 Å². The molecule has 1 N–H and O–H groups in total. The summed E-state index contributed by atoms with van der Waals surface area (Å²) in [7, 11) is 0. The van der Waals surface area contributed by atoms with Crippen molar-refractivity contribution in [2.24, 2.45) is 5.92 Å². The quantitative estimate of drug-likeness (QED) is 0.728. The van der Waals surface area contributed by atoms with E-state index >= 15 is 0 Å². The van der Waals surface area contributed by atoms with Crippen LogP contribution in [0.1, 0.15) is 39.5 Å². The zero-order chi connectivity index (χ0) is 13.3. The van der Waals surface area contributed by atoms with Crippen LogP contribution in [0.5, 0.6) is 0 Å². The maximum Gasteiger partial charge on any atom is 0.306 e. The number of aromatic nitrogens is 2. The molecule has 7 heteroatoms. The third-order valence-corrected chi connectivity index (χ3v) is 3.41. The molecule has 1 atom stereocenters. The number of rotatable bonds is 5. The molecule has 1 aromatic rings. The molecule has 0 saturated carbocycles. The third kappa shape index (κ3) is 8.45. The Hall–Kier alpha value is -0.270. The Kier molecular flexibility index (Phi) is 9.57. The van der Waals surface area contributed by atoms with Crippen LogP contribution in [0.2, 0.25) is 0 Å². The average molecular weight is 294 g/mol. The molecule has 0 saturated heterocycles.